The summed E-state index contributed by atoms with van der Waals surface area (Å²) in [6.07, 6.45) is 8.87. The lowest BCUT2D eigenvalue weighted by molar-refractivity contribution is 0.0956. The average Bonchev–Trinajstić information content (AvgIpc) is 3.11. The molecule has 1 aliphatic rings. The first-order valence-corrected chi connectivity index (χ1v) is 9.53. The highest BCUT2D eigenvalue weighted by Crippen LogP contribution is 2.27. The second-order valence-electron chi connectivity index (χ2n) is 6.61. The van der Waals surface area contributed by atoms with E-state index in [2.05, 4.69) is 27.5 Å². The van der Waals surface area contributed by atoms with Gasteiger partial charge in [0.15, 0.2) is 5.78 Å². The second-order valence-corrected chi connectivity index (χ2v) is 6.61. The molecule has 2 aromatic heterocycles. The van der Waals surface area contributed by atoms with Crippen LogP contribution in [0.1, 0.15) is 59.0 Å². The van der Waals surface area contributed by atoms with Gasteiger partial charge in [-0.1, -0.05) is 6.92 Å². The molecule has 0 fully saturated rings. The van der Waals surface area contributed by atoms with Crippen LogP contribution in [0.5, 0.6) is 5.75 Å². The molecular formula is C20H26N4O3. The highest BCUT2D eigenvalue weighted by atomic mass is 16.5. The van der Waals surface area contributed by atoms with Crippen molar-refractivity contribution in [3.8, 4) is 5.75 Å². The Morgan fingerprint density at radius 3 is 3.07 bits per heavy atom. The number of ketones is 1. The zero-order valence-electron chi connectivity index (χ0n) is 15.6. The predicted octanol–water partition coefficient (Wildman–Crippen LogP) is 2.95. The van der Waals surface area contributed by atoms with Crippen molar-refractivity contribution < 1.29 is 14.3 Å². The molecule has 0 bridgehead atoms. The Morgan fingerprint density at radius 2 is 2.22 bits per heavy atom. The van der Waals surface area contributed by atoms with E-state index in [-0.39, 0.29) is 11.7 Å². The molecule has 7 nitrogen and oxygen atoms in total. The molecule has 1 amide bonds. The standard InChI is InChI=1S/C20H26N4O3/c1-2-8-21-9-4-11-27-18-7-10-22-13-16(18)24-20(26)14-12-23-15-5-3-6-17(25)19(14)15/h7,10,12-13,21,23H,2-6,8-9,11H2,1H3,(H,24,26). The topological polar surface area (TPSA) is 96.1 Å². The maximum absolute atomic E-state index is 12.7. The minimum Gasteiger partial charge on any atom is -0.491 e. The number of ether oxygens (including phenoxy) is 1. The Kier molecular flexibility index (Phi) is 6.59. The van der Waals surface area contributed by atoms with Crippen LogP contribution in [0.25, 0.3) is 0 Å². The zero-order valence-corrected chi connectivity index (χ0v) is 15.6. The third-order valence-corrected chi connectivity index (χ3v) is 4.53. The molecule has 1 aliphatic carbocycles. The number of aromatic nitrogens is 2. The molecule has 0 radical (unpaired) electrons. The van der Waals surface area contributed by atoms with E-state index in [9.17, 15) is 9.59 Å². The number of amides is 1. The SMILES string of the molecule is CCCNCCCOc1ccncc1NC(=O)c1c[nH]c2c1C(=O)CCC2. The maximum Gasteiger partial charge on any atom is 0.258 e. The molecule has 0 spiro atoms. The third kappa shape index (κ3) is 4.74. The van der Waals surface area contributed by atoms with Crippen LogP contribution in [0, 0.1) is 0 Å². The minimum absolute atomic E-state index is 0.0184. The van der Waals surface area contributed by atoms with Crippen molar-refractivity contribution in [3.63, 3.8) is 0 Å². The number of nitrogens with zero attached hydrogens (tertiary/aromatic N) is 1. The van der Waals surface area contributed by atoms with Gasteiger partial charge in [-0.15, -0.1) is 0 Å². The normalized spacial score (nSPS) is 13.3. The molecule has 3 rings (SSSR count). The molecule has 0 atom stereocenters. The van der Waals surface area contributed by atoms with Gasteiger partial charge in [0, 0.05) is 30.6 Å². The zero-order chi connectivity index (χ0) is 19.1. The van der Waals surface area contributed by atoms with E-state index in [1.165, 1.54) is 0 Å². The van der Waals surface area contributed by atoms with Gasteiger partial charge in [0.25, 0.3) is 5.91 Å². The van der Waals surface area contributed by atoms with E-state index < -0.39 is 0 Å². The molecule has 0 aromatic carbocycles. The first-order chi connectivity index (χ1) is 13.2. The van der Waals surface area contributed by atoms with Crippen LogP contribution in [-0.4, -0.2) is 41.4 Å². The summed E-state index contributed by atoms with van der Waals surface area (Å²) in [6, 6.07) is 1.73. The molecule has 27 heavy (non-hydrogen) atoms. The third-order valence-electron chi connectivity index (χ3n) is 4.53. The van der Waals surface area contributed by atoms with Gasteiger partial charge in [-0.25, -0.2) is 0 Å². The number of carbonyl (C=O) groups is 2. The molecule has 0 saturated heterocycles. The Morgan fingerprint density at radius 1 is 1.33 bits per heavy atom. The van der Waals surface area contributed by atoms with E-state index >= 15 is 0 Å². The number of carbonyl (C=O) groups excluding carboxylic acids is 2. The second kappa shape index (κ2) is 9.32. The molecule has 0 saturated carbocycles. The largest absolute Gasteiger partial charge is 0.491 e. The summed E-state index contributed by atoms with van der Waals surface area (Å²) in [5, 5.41) is 6.15. The lowest BCUT2D eigenvalue weighted by atomic mass is 9.93. The summed E-state index contributed by atoms with van der Waals surface area (Å²) < 4.78 is 5.80. The fourth-order valence-electron chi connectivity index (χ4n) is 3.18. The first-order valence-electron chi connectivity index (χ1n) is 9.53. The van der Waals surface area contributed by atoms with E-state index in [1.807, 2.05) is 0 Å². The van der Waals surface area contributed by atoms with Crippen molar-refractivity contribution in [1.82, 2.24) is 15.3 Å². The van der Waals surface area contributed by atoms with Gasteiger partial charge in [-0.2, -0.15) is 0 Å². The van der Waals surface area contributed by atoms with Gasteiger partial charge >= 0.3 is 0 Å². The van der Waals surface area contributed by atoms with Crippen molar-refractivity contribution in [1.29, 1.82) is 0 Å². The molecule has 144 valence electrons. The Labute approximate surface area is 158 Å². The van der Waals surface area contributed by atoms with Crippen LogP contribution in [-0.2, 0) is 6.42 Å². The van der Waals surface area contributed by atoms with Gasteiger partial charge in [0.2, 0.25) is 0 Å². The molecule has 3 N–H and O–H groups in total. The van der Waals surface area contributed by atoms with Crippen LogP contribution in [0.4, 0.5) is 5.69 Å². The maximum atomic E-state index is 12.7. The van der Waals surface area contributed by atoms with Crippen molar-refractivity contribution >= 4 is 17.4 Å². The van der Waals surface area contributed by atoms with Crippen LogP contribution < -0.4 is 15.4 Å². The number of fused-ring (bicyclic) bond motifs is 1. The Balaban J connectivity index is 1.63. The van der Waals surface area contributed by atoms with Gasteiger partial charge < -0.3 is 20.4 Å². The summed E-state index contributed by atoms with van der Waals surface area (Å²) >= 11 is 0. The van der Waals surface area contributed by atoms with Crippen molar-refractivity contribution in [2.75, 3.05) is 25.0 Å². The van der Waals surface area contributed by atoms with Crippen molar-refractivity contribution in [2.24, 2.45) is 0 Å². The fourth-order valence-corrected chi connectivity index (χ4v) is 3.18. The van der Waals surface area contributed by atoms with Crippen molar-refractivity contribution in [3.05, 3.63) is 41.5 Å². The quantitative estimate of drug-likeness (QED) is 0.590. The number of anilines is 1. The van der Waals surface area contributed by atoms with Gasteiger partial charge in [0.05, 0.1) is 23.9 Å². The number of H-pyrrole nitrogens is 1. The van der Waals surface area contributed by atoms with E-state index in [4.69, 9.17) is 4.74 Å². The molecule has 2 aromatic rings. The summed E-state index contributed by atoms with van der Waals surface area (Å²) in [4.78, 5) is 32.0. The number of Topliss-reactive ketones (excluding diaryl/α,β-unsaturated/α-hetero) is 1. The average molecular weight is 370 g/mol. The monoisotopic (exact) mass is 370 g/mol. The highest BCUT2D eigenvalue weighted by molar-refractivity contribution is 6.13. The summed E-state index contributed by atoms with van der Waals surface area (Å²) in [6.45, 7) is 4.56. The molecule has 2 heterocycles. The number of pyridine rings is 1. The Bertz CT molecular complexity index is 800. The van der Waals surface area contributed by atoms with Gasteiger partial charge in [0.1, 0.15) is 11.4 Å². The number of hydrogen-bond donors (Lipinski definition) is 3. The van der Waals surface area contributed by atoms with Crippen LogP contribution in [0.15, 0.2) is 24.7 Å². The fraction of sp³-hybridized carbons (Fsp3) is 0.450. The highest BCUT2D eigenvalue weighted by Gasteiger charge is 2.26. The Hall–Kier alpha value is -2.67. The van der Waals surface area contributed by atoms with Crippen LogP contribution in [0.2, 0.25) is 0 Å². The van der Waals surface area contributed by atoms with E-state index in [0.29, 0.717) is 35.6 Å². The predicted molar refractivity (Wildman–Crippen MR) is 104 cm³/mol. The number of rotatable bonds is 9. The number of aromatic amines is 1. The number of nitrogens with one attached hydrogen (secondary N) is 3. The summed E-state index contributed by atoms with van der Waals surface area (Å²) in [5.41, 5.74) is 2.25. The van der Waals surface area contributed by atoms with Crippen LogP contribution in [0.3, 0.4) is 0 Å². The van der Waals surface area contributed by atoms with Gasteiger partial charge in [-0.3, -0.25) is 14.6 Å². The number of aryl methyl sites for hydroxylation is 1. The van der Waals surface area contributed by atoms with E-state index in [1.54, 1.807) is 24.7 Å². The van der Waals surface area contributed by atoms with Gasteiger partial charge in [-0.05, 0) is 38.8 Å². The number of hydrogen-bond acceptors (Lipinski definition) is 5. The minimum atomic E-state index is -0.329. The van der Waals surface area contributed by atoms with Crippen LogP contribution >= 0.6 is 0 Å². The summed E-state index contributed by atoms with van der Waals surface area (Å²) in [7, 11) is 0. The van der Waals surface area contributed by atoms with Crippen molar-refractivity contribution in [2.45, 2.75) is 39.0 Å². The molecule has 7 heteroatoms. The molecule has 0 unspecified atom stereocenters. The lowest BCUT2D eigenvalue weighted by Gasteiger charge is -2.14. The van der Waals surface area contributed by atoms with E-state index in [0.717, 1.165) is 44.5 Å². The smallest absolute Gasteiger partial charge is 0.258 e. The molecular weight excluding hydrogens is 344 g/mol. The first kappa shape index (κ1) is 19.1. The lowest BCUT2D eigenvalue weighted by Crippen LogP contribution is -2.19. The summed E-state index contributed by atoms with van der Waals surface area (Å²) in [5.74, 6) is 0.264. The molecule has 0 aliphatic heterocycles.